The van der Waals surface area contributed by atoms with Crippen molar-refractivity contribution in [3.8, 4) is 0 Å². The molecular weight excluding hydrogens is 469 g/mol. The summed E-state index contributed by atoms with van der Waals surface area (Å²) in [5.41, 5.74) is 0.856. The maximum absolute atomic E-state index is 13.0. The molecule has 2 aliphatic heterocycles. The average Bonchev–Trinajstić information content (AvgIpc) is 2.83. The van der Waals surface area contributed by atoms with Gasteiger partial charge in [-0.2, -0.15) is 13.2 Å². The topological polar surface area (TPSA) is 56.8 Å². The smallest absolute Gasteiger partial charge is 0.355 e. The Morgan fingerprint density at radius 1 is 0.971 bits per heavy atom. The van der Waals surface area contributed by atoms with E-state index in [1.54, 1.807) is 4.90 Å². The molecule has 182 valence electrons. The van der Waals surface area contributed by atoms with Gasteiger partial charge in [0.2, 0.25) is 5.91 Å². The third-order valence-electron chi connectivity index (χ3n) is 6.47. The summed E-state index contributed by atoms with van der Waals surface area (Å²) in [6.07, 6.45) is -2.57. The van der Waals surface area contributed by atoms with Crippen LogP contribution in [0, 0.1) is 12.8 Å². The van der Waals surface area contributed by atoms with Crippen LogP contribution in [0.5, 0.6) is 0 Å². The fourth-order valence-corrected chi connectivity index (χ4v) is 4.71. The molecule has 34 heavy (non-hydrogen) atoms. The molecular formula is C24H26ClF3N4O2. The van der Waals surface area contributed by atoms with Crippen LogP contribution < -0.4 is 4.90 Å². The fourth-order valence-electron chi connectivity index (χ4n) is 4.42. The van der Waals surface area contributed by atoms with Gasteiger partial charge in [0.15, 0.2) is 0 Å². The molecule has 0 aliphatic carbocycles. The Balaban J connectivity index is 1.29. The third kappa shape index (κ3) is 5.29. The lowest BCUT2D eigenvalue weighted by Crippen LogP contribution is -2.53. The van der Waals surface area contributed by atoms with Crippen LogP contribution in [0.2, 0.25) is 5.02 Å². The third-order valence-corrected chi connectivity index (χ3v) is 6.75. The van der Waals surface area contributed by atoms with Gasteiger partial charge in [-0.1, -0.05) is 29.3 Å². The number of rotatable bonds is 3. The van der Waals surface area contributed by atoms with E-state index in [2.05, 4.69) is 4.98 Å². The van der Waals surface area contributed by atoms with Gasteiger partial charge in [-0.3, -0.25) is 9.59 Å². The highest BCUT2D eigenvalue weighted by Crippen LogP contribution is 2.35. The van der Waals surface area contributed by atoms with Crippen molar-refractivity contribution >= 4 is 29.2 Å². The van der Waals surface area contributed by atoms with Gasteiger partial charge in [-0.15, -0.1) is 0 Å². The maximum atomic E-state index is 13.0. The number of halogens is 4. The van der Waals surface area contributed by atoms with Crippen molar-refractivity contribution in [1.29, 1.82) is 0 Å². The molecule has 0 unspecified atom stereocenters. The van der Waals surface area contributed by atoms with Crippen molar-refractivity contribution in [1.82, 2.24) is 14.8 Å². The largest absolute Gasteiger partial charge is 0.417 e. The highest BCUT2D eigenvalue weighted by atomic mass is 35.5. The van der Waals surface area contributed by atoms with Crippen LogP contribution in [0.15, 0.2) is 36.5 Å². The second kappa shape index (κ2) is 9.82. The monoisotopic (exact) mass is 494 g/mol. The number of carbonyl (C=O) groups is 2. The van der Waals surface area contributed by atoms with Crippen molar-refractivity contribution in [3.63, 3.8) is 0 Å². The van der Waals surface area contributed by atoms with Crippen molar-refractivity contribution in [2.24, 2.45) is 5.92 Å². The summed E-state index contributed by atoms with van der Waals surface area (Å²) in [4.78, 5) is 35.1. The summed E-state index contributed by atoms with van der Waals surface area (Å²) in [6, 6.07) is 8.35. The summed E-state index contributed by atoms with van der Waals surface area (Å²) >= 11 is 6.07. The predicted octanol–water partition coefficient (Wildman–Crippen LogP) is 4.26. The quantitative estimate of drug-likeness (QED) is 0.639. The zero-order valence-electron chi connectivity index (χ0n) is 18.8. The number of amides is 2. The minimum atomic E-state index is -4.50. The van der Waals surface area contributed by atoms with Crippen LogP contribution in [0.3, 0.4) is 0 Å². The Labute approximate surface area is 201 Å². The molecule has 0 bridgehead atoms. The number of benzene rings is 1. The number of carbonyl (C=O) groups excluding carboxylic acids is 2. The van der Waals surface area contributed by atoms with Crippen LogP contribution in [0.25, 0.3) is 0 Å². The number of aromatic nitrogens is 1. The molecule has 0 spiro atoms. The van der Waals surface area contributed by atoms with E-state index in [0.29, 0.717) is 63.5 Å². The molecule has 4 rings (SSSR count). The highest BCUT2D eigenvalue weighted by Gasteiger charge is 2.34. The van der Waals surface area contributed by atoms with Crippen LogP contribution in [-0.4, -0.2) is 65.9 Å². The number of anilines is 1. The van der Waals surface area contributed by atoms with Gasteiger partial charge in [0.1, 0.15) is 5.82 Å². The molecule has 0 N–H and O–H groups in total. The lowest BCUT2D eigenvalue weighted by molar-refractivity contribution is -0.138. The Morgan fingerprint density at radius 3 is 2.12 bits per heavy atom. The second-order valence-corrected chi connectivity index (χ2v) is 9.18. The van der Waals surface area contributed by atoms with E-state index in [9.17, 15) is 22.8 Å². The number of hydrogen-bond acceptors (Lipinski definition) is 4. The number of pyridine rings is 1. The average molecular weight is 495 g/mol. The molecule has 6 nitrogen and oxygen atoms in total. The van der Waals surface area contributed by atoms with Crippen LogP contribution in [0.4, 0.5) is 19.0 Å². The van der Waals surface area contributed by atoms with E-state index in [1.807, 2.05) is 41.0 Å². The lowest BCUT2D eigenvalue weighted by Gasteiger charge is -2.39. The number of aryl methyl sites for hydroxylation is 1. The molecule has 2 saturated heterocycles. The number of piperidine rings is 1. The summed E-state index contributed by atoms with van der Waals surface area (Å²) in [5.74, 6) is 0.183. The molecule has 2 aliphatic rings. The van der Waals surface area contributed by atoms with Gasteiger partial charge in [0.05, 0.1) is 10.6 Å². The standard InChI is InChI=1S/C24H26ClF3N4O2/c1-16-2-4-17(5-3-16)22(33)31-10-12-32(13-11-31)23(34)18-6-8-30(9-7-18)21-20(25)14-19(15-29-21)24(26,27)28/h2-5,14-15,18H,6-13H2,1H3. The van der Waals surface area contributed by atoms with Gasteiger partial charge < -0.3 is 14.7 Å². The van der Waals surface area contributed by atoms with Gasteiger partial charge >= 0.3 is 6.18 Å². The van der Waals surface area contributed by atoms with E-state index in [1.165, 1.54) is 0 Å². The molecule has 0 saturated carbocycles. The number of piperazine rings is 1. The molecule has 3 heterocycles. The Kier molecular flexibility index (Phi) is 7.02. The number of alkyl halides is 3. The second-order valence-electron chi connectivity index (χ2n) is 8.77. The normalized spacial score (nSPS) is 17.7. The molecule has 0 radical (unpaired) electrons. The zero-order chi connectivity index (χ0) is 24.5. The summed E-state index contributed by atoms with van der Waals surface area (Å²) in [7, 11) is 0. The van der Waals surface area contributed by atoms with Gasteiger partial charge in [-0.25, -0.2) is 4.98 Å². The van der Waals surface area contributed by atoms with E-state index in [4.69, 9.17) is 11.6 Å². The highest BCUT2D eigenvalue weighted by molar-refractivity contribution is 6.33. The SMILES string of the molecule is Cc1ccc(C(=O)N2CCN(C(=O)C3CCN(c4ncc(C(F)(F)F)cc4Cl)CC3)CC2)cc1. The minimum Gasteiger partial charge on any atom is -0.355 e. The summed E-state index contributed by atoms with van der Waals surface area (Å²) < 4.78 is 38.6. The Hall–Kier alpha value is -2.81. The van der Waals surface area contributed by atoms with Crippen LogP contribution in [0.1, 0.15) is 34.3 Å². The fraction of sp³-hybridized carbons (Fsp3) is 0.458. The van der Waals surface area contributed by atoms with Gasteiger partial charge in [0, 0.05) is 56.9 Å². The molecule has 2 amide bonds. The molecule has 1 aromatic heterocycles. The van der Waals surface area contributed by atoms with Crippen molar-refractivity contribution < 1.29 is 22.8 Å². The first-order valence-corrected chi connectivity index (χ1v) is 11.6. The predicted molar refractivity (Wildman–Crippen MR) is 123 cm³/mol. The van der Waals surface area contributed by atoms with Crippen LogP contribution >= 0.6 is 11.6 Å². The van der Waals surface area contributed by atoms with Gasteiger partial charge in [0.25, 0.3) is 5.91 Å². The molecule has 0 atom stereocenters. The summed E-state index contributed by atoms with van der Waals surface area (Å²) in [6.45, 7) is 4.90. The molecule has 1 aromatic carbocycles. The van der Waals surface area contributed by atoms with E-state index in [-0.39, 0.29) is 22.8 Å². The first-order valence-electron chi connectivity index (χ1n) is 11.3. The molecule has 2 aromatic rings. The first-order chi connectivity index (χ1) is 16.1. The first kappa shape index (κ1) is 24.3. The van der Waals surface area contributed by atoms with Crippen molar-refractivity contribution in [2.75, 3.05) is 44.2 Å². The molecule has 2 fully saturated rings. The summed E-state index contributed by atoms with van der Waals surface area (Å²) in [5, 5.41) is -0.0473. The van der Waals surface area contributed by atoms with E-state index in [0.717, 1.165) is 17.8 Å². The van der Waals surface area contributed by atoms with Crippen molar-refractivity contribution in [3.05, 3.63) is 58.2 Å². The zero-order valence-corrected chi connectivity index (χ0v) is 19.6. The Morgan fingerprint density at radius 2 is 1.56 bits per heavy atom. The molecule has 10 heteroatoms. The number of nitrogens with zero attached hydrogens (tertiary/aromatic N) is 4. The number of hydrogen-bond donors (Lipinski definition) is 0. The lowest BCUT2D eigenvalue weighted by atomic mass is 9.95. The van der Waals surface area contributed by atoms with Gasteiger partial charge in [-0.05, 0) is 38.0 Å². The maximum Gasteiger partial charge on any atom is 0.417 e. The van der Waals surface area contributed by atoms with E-state index >= 15 is 0 Å². The van der Waals surface area contributed by atoms with E-state index < -0.39 is 11.7 Å². The minimum absolute atomic E-state index is 0.0265. The Bertz CT molecular complexity index is 1050. The van der Waals surface area contributed by atoms with Crippen LogP contribution in [-0.2, 0) is 11.0 Å². The van der Waals surface area contributed by atoms with Crippen molar-refractivity contribution in [2.45, 2.75) is 25.9 Å².